The zero-order valence-corrected chi connectivity index (χ0v) is 21.3. The fourth-order valence-corrected chi connectivity index (χ4v) is 6.33. The van der Waals surface area contributed by atoms with E-state index in [0.717, 1.165) is 50.8 Å². The summed E-state index contributed by atoms with van der Waals surface area (Å²) in [6, 6.07) is 11.7. The summed E-state index contributed by atoms with van der Waals surface area (Å²) in [5.74, 6) is 1.09. The minimum Gasteiger partial charge on any atom is -0.493 e. The summed E-state index contributed by atoms with van der Waals surface area (Å²) in [7, 11) is -3.13. The lowest BCUT2D eigenvalue weighted by atomic mass is 9.71. The summed E-state index contributed by atoms with van der Waals surface area (Å²) >= 11 is 3.52. The molecule has 0 bridgehead atoms. The van der Waals surface area contributed by atoms with Crippen LogP contribution in [0.3, 0.4) is 0 Å². The molecule has 174 valence electrons. The Morgan fingerprint density at radius 2 is 1.88 bits per heavy atom. The van der Waals surface area contributed by atoms with Gasteiger partial charge in [-0.05, 0) is 54.7 Å². The number of ketones is 1. The highest BCUT2D eigenvalue weighted by atomic mass is 79.9. The molecule has 8 heteroatoms. The fourth-order valence-electron chi connectivity index (χ4n) is 5.09. The summed E-state index contributed by atoms with van der Waals surface area (Å²) in [4.78, 5) is 17.0. The van der Waals surface area contributed by atoms with Crippen LogP contribution in [0.1, 0.15) is 53.9 Å². The highest BCUT2D eigenvalue weighted by Crippen LogP contribution is 2.45. The first-order valence-corrected chi connectivity index (χ1v) is 13.8. The lowest BCUT2D eigenvalue weighted by Gasteiger charge is -2.33. The summed E-state index contributed by atoms with van der Waals surface area (Å²) in [5.41, 5.74) is 3.91. The second kappa shape index (κ2) is 7.96. The van der Waals surface area contributed by atoms with Crippen molar-refractivity contribution in [2.75, 3.05) is 26.0 Å². The number of sulfonamides is 1. The third kappa shape index (κ3) is 3.92. The van der Waals surface area contributed by atoms with Gasteiger partial charge in [0.05, 0.1) is 18.4 Å². The van der Waals surface area contributed by atoms with Crippen LogP contribution in [0.4, 0.5) is 0 Å². The van der Waals surface area contributed by atoms with Crippen LogP contribution in [0.25, 0.3) is 10.9 Å². The lowest BCUT2D eigenvalue weighted by molar-refractivity contribution is 0.103. The molecule has 2 heterocycles. The molecule has 5 rings (SSSR count). The summed E-state index contributed by atoms with van der Waals surface area (Å²) in [5, 5.41) is 0.942. The van der Waals surface area contributed by atoms with Crippen LogP contribution in [0.2, 0.25) is 0 Å². The van der Waals surface area contributed by atoms with Crippen molar-refractivity contribution in [3.63, 3.8) is 0 Å². The van der Waals surface area contributed by atoms with E-state index in [-0.39, 0.29) is 11.2 Å². The Morgan fingerprint density at radius 3 is 2.58 bits per heavy atom. The number of aromatic nitrogens is 1. The molecule has 33 heavy (non-hydrogen) atoms. The largest absolute Gasteiger partial charge is 0.493 e. The van der Waals surface area contributed by atoms with Gasteiger partial charge in [-0.3, -0.25) is 4.79 Å². The minimum absolute atomic E-state index is 0.0348. The normalized spacial score (nSPS) is 18.8. The molecule has 3 aromatic rings. The van der Waals surface area contributed by atoms with Gasteiger partial charge in [-0.1, -0.05) is 35.8 Å². The number of hydrogen-bond donors (Lipinski definition) is 1. The molecule has 1 aliphatic carbocycles. The van der Waals surface area contributed by atoms with Crippen molar-refractivity contribution in [2.24, 2.45) is 5.92 Å². The molecule has 0 radical (unpaired) electrons. The van der Waals surface area contributed by atoms with E-state index in [2.05, 4.69) is 34.8 Å². The van der Waals surface area contributed by atoms with Gasteiger partial charge in [0.25, 0.3) is 0 Å². The van der Waals surface area contributed by atoms with E-state index in [1.807, 2.05) is 36.4 Å². The van der Waals surface area contributed by atoms with Crippen LogP contribution >= 0.6 is 15.9 Å². The molecular weight excluding hydrogens is 504 g/mol. The number of carbonyl (C=O) groups is 1. The monoisotopic (exact) mass is 530 g/mol. The van der Waals surface area contributed by atoms with E-state index in [1.165, 1.54) is 10.6 Å². The van der Waals surface area contributed by atoms with Crippen LogP contribution in [0, 0.1) is 5.92 Å². The average molecular weight is 531 g/mol. The van der Waals surface area contributed by atoms with Crippen molar-refractivity contribution >= 4 is 42.6 Å². The third-order valence-corrected chi connectivity index (χ3v) is 8.85. The first-order chi connectivity index (χ1) is 15.6. The molecule has 0 saturated carbocycles. The smallest absolute Gasteiger partial charge is 0.211 e. The van der Waals surface area contributed by atoms with Crippen molar-refractivity contribution in [3.05, 3.63) is 63.3 Å². The number of carbonyl (C=O) groups excluding carboxylic acids is 1. The summed E-state index contributed by atoms with van der Waals surface area (Å²) < 4.78 is 32.1. The van der Waals surface area contributed by atoms with E-state index >= 15 is 0 Å². The third-order valence-electron chi connectivity index (χ3n) is 7.05. The van der Waals surface area contributed by atoms with Gasteiger partial charge in [0.1, 0.15) is 5.75 Å². The molecule has 0 unspecified atom stereocenters. The number of aromatic amines is 1. The number of ether oxygens (including phenoxy) is 1. The number of rotatable bonds is 4. The van der Waals surface area contributed by atoms with Gasteiger partial charge >= 0.3 is 0 Å². The SMILES string of the molecule is CC1(C)c2cc(OCC3CCN(S(C)(=O)=O)CC3)ccc2C(=O)c2c1[nH]c1cc(Br)ccc21. The molecule has 1 saturated heterocycles. The standard InChI is InChI=1S/C25H27BrN2O4S/c1-25(2)20-13-17(32-14-15-8-10-28(11-9-15)33(3,30)31)5-7-18(20)23(29)22-19-6-4-16(26)12-21(19)27-24(22)25/h4-7,12-13,15,27H,8-11,14H2,1-3H3. The van der Waals surface area contributed by atoms with Gasteiger partial charge in [0, 0.05) is 45.1 Å². The quantitative estimate of drug-likeness (QED) is 0.522. The Bertz CT molecular complexity index is 1370. The Kier molecular flexibility index (Phi) is 5.46. The van der Waals surface area contributed by atoms with Crippen LogP contribution in [0.15, 0.2) is 40.9 Å². The van der Waals surface area contributed by atoms with Crippen molar-refractivity contribution in [1.82, 2.24) is 9.29 Å². The average Bonchev–Trinajstić information content (AvgIpc) is 3.16. The Morgan fingerprint density at radius 1 is 1.15 bits per heavy atom. The maximum absolute atomic E-state index is 13.5. The Labute approximate surface area is 202 Å². The van der Waals surface area contributed by atoms with Gasteiger partial charge in [0.15, 0.2) is 5.78 Å². The molecule has 1 N–H and O–H groups in total. The van der Waals surface area contributed by atoms with Crippen LogP contribution in [0.5, 0.6) is 5.75 Å². The molecule has 0 amide bonds. The molecule has 1 fully saturated rings. The number of halogens is 1. The fraction of sp³-hybridized carbons (Fsp3) is 0.400. The first-order valence-electron chi connectivity index (χ1n) is 11.1. The predicted octanol–water partition coefficient (Wildman–Crippen LogP) is 4.85. The number of H-pyrrole nitrogens is 1. The molecule has 6 nitrogen and oxygen atoms in total. The molecule has 1 aliphatic heterocycles. The molecule has 2 aliphatic rings. The van der Waals surface area contributed by atoms with E-state index in [4.69, 9.17) is 4.74 Å². The van der Waals surface area contributed by atoms with Gasteiger partial charge in [-0.2, -0.15) is 0 Å². The number of nitrogens with zero attached hydrogens (tertiary/aromatic N) is 1. The van der Waals surface area contributed by atoms with Crippen molar-refractivity contribution in [2.45, 2.75) is 32.1 Å². The summed E-state index contributed by atoms with van der Waals surface area (Å²) in [6.45, 7) is 5.88. The van der Waals surface area contributed by atoms with E-state index in [9.17, 15) is 13.2 Å². The first kappa shape index (κ1) is 22.6. The molecular formula is C25H27BrN2O4S. The molecule has 0 spiro atoms. The molecule has 2 aromatic carbocycles. The maximum Gasteiger partial charge on any atom is 0.211 e. The van der Waals surface area contributed by atoms with Crippen molar-refractivity contribution in [3.8, 4) is 5.75 Å². The van der Waals surface area contributed by atoms with Crippen LogP contribution < -0.4 is 4.74 Å². The number of fused-ring (bicyclic) bond motifs is 4. The number of piperidine rings is 1. The Hall–Kier alpha value is -2.16. The summed E-state index contributed by atoms with van der Waals surface area (Å²) in [6.07, 6.45) is 2.84. The van der Waals surface area contributed by atoms with Gasteiger partial charge in [-0.25, -0.2) is 12.7 Å². The van der Waals surface area contributed by atoms with Crippen LogP contribution in [-0.4, -0.2) is 49.4 Å². The van der Waals surface area contributed by atoms with Gasteiger partial charge in [-0.15, -0.1) is 0 Å². The molecule has 1 aromatic heterocycles. The van der Waals surface area contributed by atoms with E-state index in [0.29, 0.717) is 31.2 Å². The maximum atomic E-state index is 13.5. The zero-order chi connectivity index (χ0) is 23.5. The number of hydrogen-bond acceptors (Lipinski definition) is 4. The zero-order valence-electron chi connectivity index (χ0n) is 18.9. The van der Waals surface area contributed by atoms with Crippen molar-refractivity contribution < 1.29 is 17.9 Å². The van der Waals surface area contributed by atoms with E-state index in [1.54, 1.807) is 0 Å². The lowest BCUT2D eigenvalue weighted by Crippen LogP contribution is -2.39. The number of benzene rings is 2. The van der Waals surface area contributed by atoms with E-state index < -0.39 is 10.0 Å². The van der Waals surface area contributed by atoms with Crippen LogP contribution in [-0.2, 0) is 15.4 Å². The second-order valence-corrected chi connectivity index (χ2v) is 12.5. The Balaban J connectivity index is 1.39. The highest BCUT2D eigenvalue weighted by molar-refractivity contribution is 9.10. The van der Waals surface area contributed by atoms with Crippen molar-refractivity contribution in [1.29, 1.82) is 0 Å². The predicted molar refractivity (Wildman–Crippen MR) is 133 cm³/mol. The number of nitrogens with one attached hydrogen (secondary N) is 1. The minimum atomic E-state index is -3.13. The topological polar surface area (TPSA) is 79.5 Å². The second-order valence-electron chi connectivity index (χ2n) is 9.64. The highest BCUT2D eigenvalue weighted by Gasteiger charge is 2.40. The van der Waals surface area contributed by atoms with Gasteiger partial charge in [0.2, 0.25) is 10.0 Å². The molecule has 0 atom stereocenters. The van der Waals surface area contributed by atoms with Gasteiger partial charge < -0.3 is 9.72 Å².